The van der Waals surface area contributed by atoms with E-state index < -0.39 is 10.9 Å². The van der Waals surface area contributed by atoms with E-state index in [1.54, 1.807) is 37.0 Å². The van der Waals surface area contributed by atoms with Gasteiger partial charge in [-0.1, -0.05) is 0 Å². The van der Waals surface area contributed by atoms with Gasteiger partial charge in [-0.05, 0) is 24.6 Å². The van der Waals surface area contributed by atoms with Gasteiger partial charge in [0.25, 0.3) is 0 Å². The molecule has 8 nitrogen and oxygen atoms in total. The van der Waals surface area contributed by atoms with Crippen molar-refractivity contribution in [3.05, 3.63) is 40.1 Å². The predicted octanol–water partition coefficient (Wildman–Crippen LogP) is 2.11. The van der Waals surface area contributed by atoms with E-state index in [1.165, 1.54) is 13.2 Å². The standard InChI is InChI=1S/C15H17N3O5/c1-4-23-14(19)9-10-7-11(12-5-6-17(2)16-12)15(22-3)13(8-10)18(20)21/h5-8H,4,9H2,1-3H3. The van der Waals surface area contributed by atoms with Crippen LogP contribution in [0.3, 0.4) is 0 Å². The van der Waals surface area contributed by atoms with Crippen molar-refractivity contribution in [2.24, 2.45) is 7.05 Å². The summed E-state index contributed by atoms with van der Waals surface area (Å²) in [6.07, 6.45) is 1.66. The number of methoxy groups -OCH3 is 1. The van der Waals surface area contributed by atoms with Gasteiger partial charge in [-0.25, -0.2) is 0 Å². The van der Waals surface area contributed by atoms with Gasteiger partial charge in [0.05, 0.1) is 36.3 Å². The minimum absolute atomic E-state index is 0.0570. The van der Waals surface area contributed by atoms with Gasteiger partial charge in [-0.2, -0.15) is 5.10 Å². The van der Waals surface area contributed by atoms with Crippen LogP contribution in [0.2, 0.25) is 0 Å². The number of nitrogens with zero attached hydrogens (tertiary/aromatic N) is 3. The van der Waals surface area contributed by atoms with Crippen molar-refractivity contribution >= 4 is 11.7 Å². The van der Waals surface area contributed by atoms with Crippen molar-refractivity contribution in [2.45, 2.75) is 13.3 Å². The second-order valence-electron chi connectivity index (χ2n) is 4.81. The lowest BCUT2D eigenvalue weighted by Gasteiger charge is -2.10. The summed E-state index contributed by atoms with van der Waals surface area (Å²) in [4.78, 5) is 22.4. The van der Waals surface area contributed by atoms with Crippen LogP contribution in [0.1, 0.15) is 12.5 Å². The fourth-order valence-corrected chi connectivity index (χ4v) is 2.25. The molecule has 1 aromatic carbocycles. The SMILES string of the molecule is CCOC(=O)Cc1cc(-c2ccn(C)n2)c(OC)c([N+](=O)[O-])c1. The van der Waals surface area contributed by atoms with Crippen molar-refractivity contribution in [1.29, 1.82) is 0 Å². The van der Waals surface area contributed by atoms with Crippen molar-refractivity contribution in [3.63, 3.8) is 0 Å². The summed E-state index contributed by atoms with van der Waals surface area (Å²) in [5, 5.41) is 15.6. The van der Waals surface area contributed by atoms with Crippen LogP contribution >= 0.6 is 0 Å². The van der Waals surface area contributed by atoms with E-state index in [0.29, 0.717) is 16.8 Å². The largest absolute Gasteiger partial charge is 0.490 e. The molecule has 0 radical (unpaired) electrons. The lowest BCUT2D eigenvalue weighted by atomic mass is 10.0. The average molecular weight is 319 g/mol. The highest BCUT2D eigenvalue weighted by atomic mass is 16.6. The number of nitro benzene ring substituents is 1. The second kappa shape index (κ2) is 6.91. The Morgan fingerprint density at radius 1 is 1.43 bits per heavy atom. The number of benzene rings is 1. The smallest absolute Gasteiger partial charge is 0.311 e. The Hall–Kier alpha value is -2.90. The highest BCUT2D eigenvalue weighted by molar-refractivity contribution is 5.78. The fourth-order valence-electron chi connectivity index (χ4n) is 2.25. The molecule has 0 aliphatic carbocycles. The highest BCUT2D eigenvalue weighted by Gasteiger charge is 2.23. The molecule has 0 spiro atoms. The van der Waals surface area contributed by atoms with Crippen LogP contribution in [-0.4, -0.2) is 34.4 Å². The van der Waals surface area contributed by atoms with E-state index in [1.807, 2.05) is 0 Å². The Morgan fingerprint density at radius 2 is 2.17 bits per heavy atom. The molecule has 1 heterocycles. The summed E-state index contributed by atoms with van der Waals surface area (Å²) in [5.74, 6) is -0.333. The number of aromatic nitrogens is 2. The third-order valence-corrected chi connectivity index (χ3v) is 3.17. The summed E-state index contributed by atoms with van der Waals surface area (Å²) in [6.45, 7) is 1.96. The molecule has 0 unspecified atom stereocenters. The molecule has 122 valence electrons. The summed E-state index contributed by atoms with van der Waals surface area (Å²) in [5.41, 5.74) is 1.24. The average Bonchev–Trinajstić information content (AvgIpc) is 2.93. The monoisotopic (exact) mass is 319 g/mol. The van der Waals surface area contributed by atoms with Gasteiger partial charge in [0.2, 0.25) is 5.75 Å². The Morgan fingerprint density at radius 3 is 2.70 bits per heavy atom. The van der Waals surface area contributed by atoms with E-state index in [2.05, 4.69) is 5.10 Å². The van der Waals surface area contributed by atoms with E-state index in [0.717, 1.165) is 0 Å². The van der Waals surface area contributed by atoms with E-state index in [4.69, 9.17) is 9.47 Å². The molecule has 0 saturated carbocycles. The van der Waals surface area contributed by atoms with Crippen molar-refractivity contribution in [2.75, 3.05) is 13.7 Å². The Balaban J connectivity index is 2.55. The molecule has 2 aromatic rings. The number of carbonyl (C=O) groups excluding carboxylic acids is 1. The van der Waals surface area contributed by atoms with Gasteiger partial charge in [-0.3, -0.25) is 19.6 Å². The van der Waals surface area contributed by atoms with Crippen molar-refractivity contribution in [1.82, 2.24) is 9.78 Å². The number of esters is 1. The van der Waals surface area contributed by atoms with Crippen LogP contribution in [0, 0.1) is 10.1 Å². The summed E-state index contributed by atoms with van der Waals surface area (Å²) in [7, 11) is 3.10. The maximum absolute atomic E-state index is 11.7. The predicted molar refractivity (Wildman–Crippen MR) is 82.2 cm³/mol. The normalized spacial score (nSPS) is 10.4. The van der Waals surface area contributed by atoms with Gasteiger partial charge in [0, 0.05) is 19.3 Å². The molecule has 2 rings (SSSR count). The Labute approximate surface area is 132 Å². The molecule has 1 aromatic heterocycles. The molecule has 0 atom stereocenters. The van der Waals surface area contributed by atoms with Gasteiger partial charge in [0.1, 0.15) is 0 Å². The van der Waals surface area contributed by atoms with Crippen molar-refractivity contribution < 1.29 is 19.2 Å². The third-order valence-electron chi connectivity index (χ3n) is 3.17. The first-order valence-electron chi connectivity index (χ1n) is 6.97. The minimum atomic E-state index is -0.542. The number of carbonyl (C=O) groups is 1. The molecule has 0 aliphatic heterocycles. The maximum atomic E-state index is 11.7. The zero-order valence-electron chi connectivity index (χ0n) is 13.1. The highest BCUT2D eigenvalue weighted by Crippen LogP contribution is 2.38. The number of hydrogen-bond acceptors (Lipinski definition) is 6. The summed E-state index contributed by atoms with van der Waals surface area (Å²) >= 11 is 0. The maximum Gasteiger partial charge on any atom is 0.311 e. The van der Waals surface area contributed by atoms with Crippen LogP contribution < -0.4 is 4.74 Å². The quantitative estimate of drug-likeness (QED) is 0.459. The molecule has 23 heavy (non-hydrogen) atoms. The fraction of sp³-hybridized carbons (Fsp3) is 0.333. The first-order valence-corrected chi connectivity index (χ1v) is 6.97. The summed E-state index contributed by atoms with van der Waals surface area (Å²) < 4.78 is 11.7. The van der Waals surface area contributed by atoms with Crippen molar-refractivity contribution in [3.8, 4) is 17.0 Å². The molecule has 0 saturated heterocycles. The first-order chi connectivity index (χ1) is 11.0. The second-order valence-corrected chi connectivity index (χ2v) is 4.81. The zero-order valence-corrected chi connectivity index (χ0v) is 13.1. The number of ether oxygens (including phenoxy) is 2. The van der Waals surface area contributed by atoms with Gasteiger partial charge >= 0.3 is 11.7 Å². The molecule has 0 bridgehead atoms. The molecular formula is C15H17N3O5. The van der Waals surface area contributed by atoms with Gasteiger partial charge < -0.3 is 9.47 Å². The molecular weight excluding hydrogens is 302 g/mol. The van der Waals surface area contributed by atoms with Gasteiger partial charge in [-0.15, -0.1) is 0 Å². The zero-order chi connectivity index (χ0) is 17.0. The topological polar surface area (TPSA) is 96.5 Å². The van der Waals surface area contributed by atoms with Crippen LogP contribution in [-0.2, 0) is 23.0 Å². The van der Waals surface area contributed by atoms with E-state index in [-0.39, 0.29) is 24.5 Å². The molecule has 0 N–H and O–H groups in total. The number of rotatable bonds is 6. The Bertz CT molecular complexity index is 739. The number of nitro groups is 1. The Kier molecular flexibility index (Phi) is 4.95. The lowest BCUT2D eigenvalue weighted by Crippen LogP contribution is -2.08. The molecule has 8 heteroatoms. The van der Waals surface area contributed by atoms with E-state index in [9.17, 15) is 14.9 Å². The molecule has 0 amide bonds. The minimum Gasteiger partial charge on any atom is -0.490 e. The third kappa shape index (κ3) is 3.65. The van der Waals surface area contributed by atoms with Crippen LogP contribution in [0.5, 0.6) is 5.75 Å². The number of hydrogen-bond donors (Lipinski definition) is 0. The van der Waals surface area contributed by atoms with Crippen LogP contribution in [0.4, 0.5) is 5.69 Å². The summed E-state index contributed by atoms with van der Waals surface area (Å²) in [6, 6.07) is 4.70. The van der Waals surface area contributed by atoms with Crippen LogP contribution in [0.15, 0.2) is 24.4 Å². The number of aryl methyl sites for hydroxylation is 1. The van der Waals surface area contributed by atoms with Gasteiger partial charge in [0.15, 0.2) is 0 Å². The molecule has 0 fully saturated rings. The lowest BCUT2D eigenvalue weighted by molar-refractivity contribution is -0.385. The molecule has 0 aliphatic rings. The van der Waals surface area contributed by atoms with E-state index >= 15 is 0 Å². The first kappa shape index (κ1) is 16.5. The van der Waals surface area contributed by atoms with Crippen LogP contribution in [0.25, 0.3) is 11.3 Å².